The fraction of sp³-hybridized carbons (Fsp3) is 0.261. The predicted molar refractivity (Wildman–Crippen MR) is 119 cm³/mol. The van der Waals surface area contributed by atoms with Crippen LogP contribution in [0.3, 0.4) is 0 Å². The Hall–Kier alpha value is -4.07. The summed E-state index contributed by atoms with van der Waals surface area (Å²) in [5.41, 5.74) is 1.01. The van der Waals surface area contributed by atoms with Gasteiger partial charge in [0.1, 0.15) is 34.4 Å². The van der Waals surface area contributed by atoms with E-state index in [4.69, 9.17) is 5.73 Å². The highest BCUT2D eigenvalue weighted by Gasteiger charge is 2.55. The average molecular weight is 529 g/mol. The Balaban J connectivity index is 1.81. The molecule has 3 rings (SSSR count). The van der Waals surface area contributed by atoms with E-state index < -0.39 is 66.2 Å². The van der Waals surface area contributed by atoms with E-state index in [-0.39, 0.29) is 17.1 Å². The summed E-state index contributed by atoms with van der Waals surface area (Å²) in [5, 5.41) is 16.2. The Bertz CT molecular complexity index is 1270. The molecule has 0 aliphatic rings. The SMILES string of the molecule is CCN(C[C@@](O)(CNC(=O)c1cnn(-c2ccc(F)cc2)c1N)C(F)(F)F)C(=O)c1c(F)cccc1F. The molecule has 0 saturated carbocycles. The van der Waals surface area contributed by atoms with Crippen molar-refractivity contribution in [1.29, 1.82) is 0 Å². The van der Waals surface area contributed by atoms with Gasteiger partial charge < -0.3 is 21.1 Å². The summed E-state index contributed by atoms with van der Waals surface area (Å²) in [7, 11) is 0. The zero-order valence-corrected chi connectivity index (χ0v) is 19.2. The summed E-state index contributed by atoms with van der Waals surface area (Å²) in [4.78, 5) is 25.6. The molecule has 1 atom stereocenters. The summed E-state index contributed by atoms with van der Waals surface area (Å²) in [6, 6.07) is 7.31. The molecule has 1 heterocycles. The summed E-state index contributed by atoms with van der Waals surface area (Å²) in [6.45, 7) is -2.07. The van der Waals surface area contributed by atoms with E-state index >= 15 is 0 Å². The topological polar surface area (TPSA) is 113 Å². The van der Waals surface area contributed by atoms with Crippen molar-refractivity contribution in [2.45, 2.75) is 18.7 Å². The van der Waals surface area contributed by atoms with E-state index in [2.05, 4.69) is 5.10 Å². The number of halogens is 6. The van der Waals surface area contributed by atoms with E-state index in [1.807, 2.05) is 5.32 Å². The van der Waals surface area contributed by atoms with Crippen LogP contribution in [0.1, 0.15) is 27.6 Å². The van der Waals surface area contributed by atoms with Gasteiger partial charge in [-0.15, -0.1) is 0 Å². The number of nitrogen functional groups attached to an aromatic ring is 1. The zero-order valence-electron chi connectivity index (χ0n) is 19.2. The summed E-state index contributed by atoms with van der Waals surface area (Å²) in [6.07, 6.45) is -4.41. The molecule has 8 nitrogen and oxygen atoms in total. The monoisotopic (exact) mass is 529 g/mol. The quantitative estimate of drug-likeness (QED) is 0.389. The molecule has 2 amide bonds. The van der Waals surface area contributed by atoms with Crippen molar-refractivity contribution in [3.8, 4) is 5.69 Å². The van der Waals surface area contributed by atoms with Crippen LogP contribution in [-0.2, 0) is 0 Å². The molecule has 37 heavy (non-hydrogen) atoms. The molecule has 4 N–H and O–H groups in total. The largest absolute Gasteiger partial charge is 0.420 e. The maximum Gasteiger partial charge on any atom is 0.420 e. The third-order valence-electron chi connectivity index (χ3n) is 5.49. The standard InChI is InChI=1S/C23H21F6N5O3/c1-2-33(21(36)18-16(25)4-3-5-17(18)26)12-22(37,23(27,28)29)11-31-20(35)15-10-32-34(19(15)30)14-8-6-13(24)7-9-14/h3-10,37H,2,11-12,30H2,1H3,(H,31,35)/t22-/m0/s1. The maximum absolute atomic E-state index is 14.0. The van der Waals surface area contributed by atoms with Gasteiger partial charge in [0.25, 0.3) is 11.8 Å². The number of amides is 2. The van der Waals surface area contributed by atoms with Gasteiger partial charge in [-0.3, -0.25) is 9.59 Å². The molecule has 0 fully saturated rings. The number of aliphatic hydroxyl groups is 1. The Morgan fingerprint density at radius 2 is 1.68 bits per heavy atom. The van der Waals surface area contributed by atoms with Gasteiger partial charge in [-0.2, -0.15) is 18.3 Å². The molecule has 0 aliphatic heterocycles. The van der Waals surface area contributed by atoms with Crippen LogP contribution in [0.15, 0.2) is 48.7 Å². The van der Waals surface area contributed by atoms with Crippen LogP contribution in [-0.4, -0.2) is 63.0 Å². The minimum absolute atomic E-state index is 0.266. The van der Waals surface area contributed by atoms with Gasteiger partial charge in [0.15, 0.2) is 5.60 Å². The van der Waals surface area contributed by atoms with Gasteiger partial charge in [0, 0.05) is 6.54 Å². The second-order valence-electron chi connectivity index (χ2n) is 7.96. The number of alkyl halides is 3. The maximum atomic E-state index is 14.0. The number of rotatable bonds is 8. The molecule has 0 bridgehead atoms. The molecule has 198 valence electrons. The normalized spacial score (nSPS) is 13.2. The van der Waals surface area contributed by atoms with Gasteiger partial charge in [-0.1, -0.05) is 6.07 Å². The van der Waals surface area contributed by atoms with Crippen molar-refractivity contribution in [2.24, 2.45) is 0 Å². The number of hydrogen-bond acceptors (Lipinski definition) is 5. The van der Waals surface area contributed by atoms with Crippen LogP contribution in [0.5, 0.6) is 0 Å². The lowest BCUT2D eigenvalue weighted by molar-refractivity contribution is -0.259. The van der Waals surface area contributed by atoms with Gasteiger partial charge >= 0.3 is 6.18 Å². The highest BCUT2D eigenvalue weighted by Crippen LogP contribution is 2.32. The van der Waals surface area contributed by atoms with Crippen LogP contribution in [0.25, 0.3) is 5.69 Å². The molecule has 2 aromatic carbocycles. The molecule has 0 aliphatic carbocycles. The Morgan fingerprint density at radius 1 is 1.08 bits per heavy atom. The average Bonchev–Trinajstić information content (AvgIpc) is 3.21. The molecule has 14 heteroatoms. The molecule has 1 aromatic heterocycles. The Labute approximate surface area is 206 Å². The van der Waals surface area contributed by atoms with E-state index in [1.54, 1.807) is 0 Å². The van der Waals surface area contributed by atoms with E-state index in [0.29, 0.717) is 4.90 Å². The van der Waals surface area contributed by atoms with Crippen LogP contribution >= 0.6 is 0 Å². The van der Waals surface area contributed by atoms with Gasteiger partial charge in [0.05, 0.1) is 25.0 Å². The smallest absolute Gasteiger partial charge is 0.383 e. The number of carbonyl (C=O) groups is 2. The number of nitrogens with zero attached hydrogens (tertiary/aromatic N) is 3. The third kappa shape index (κ3) is 5.69. The molecule has 0 radical (unpaired) electrons. The summed E-state index contributed by atoms with van der Waals surface area (Å²) < 4.78 is 83.8. The van der Waals surface area contributed by atoms with Gasteiger partial charge in [0.2, 0.25) is 0 Å². The fourth-order valence-electron chi connectivity index (χ4n) is 3.39. The molecule has 0 saturated heterocycles. The van der Waals surface area contributed by atoms with Crippen LogP contribution in [0.4, 0.5) is 32.2 Å². The lowest BCUT2D eigenvalue weighted by Gasteiger charge is -2.35. The van der Waals surface area contributed by atoms with Crippen molar-refractivity contribution in [3.63, 3.8) is 0 Å². The first-order chi connectivity index (χ1) is 17.3. The third-order valence-corrected chi connectivity index (χ3v) is 5.49. The zero-order chi connectivity index (χ0) is 27.5. The molecular weight excluding hydrogens is 508 g/mol. The van der Waals surface area contributed by atoms with E-state index in [0.717, 1.165) is 41.2 Å². The predicted octanol–water partition coefficient (Wildman–Crippen LogP) is 3.06. The number of benzene rings is 2. The van der Waals surface area contributed by atoms with Crippen molar-refractivity contribution in [3.05, 3.63) is 77.2 Å². The summed E-state index contributed by atoms with van der Waals surface area (Å²) in [5.74, 6) is -5.96. The highest BCUT2D eigenvalue weighted by atomic mass is 19.4. The van der Waals surface area contributed by atoms with Crippen LogP contribution in [0.2, 0.25) is 0 Å². The number of nitrogens with one attached hydrogen (secondary N) is 1. The number of aromatic nitrogens is 2. The van der Waals surface area contributed by atoms with Crippen molar-refractivity contribution in [2.75, 3.05) is 25.4 Å². The fourth-order valence-corrected chi connectivity index (χ4v) is 3.39. The van der Waals surface area contributed by atoms with E-state index in [1.165, 1.54) is 19.1 Å². The second kappa shape index (κ2) is 10.5. The molecule has 3 aromatic rings. The van der Waals surface area contributed by atoms with Crippen LogP contribution in [0, 0.1) is 17.5 Å². The van der Waals surface area contributed by atoms with Gasteiger partial charge in [-0.25, -0.2) is 17.9 Å². The second-order valence-corrected chi connectivity index (χ2v) is 7.96. The van der Waals surface area contributed by atoms with Crippen molar-refractivity contribution < 1.29 is 41.0 Å². The first kappa shape index (κ1) is 27.5. The lowest BCUT2D eigenvalue weighted by atomic mass is 10.0. The van der Waals surface area contributed by atoms with E-state index in [9.17, 15) is 41.0 Å². The minimum Gasteiger partial charge on any atom is -0.383 e. The first-order valence-corrected chi connectivity index (χ1v) is 10.7. The highest BCUT2D eigenvalue weighted by molar-refractivity contribution is 5.98. The first-order valence-electron chi connectivity index (χ1n) is 10.7. The van der Waals surface area contributed by atoms with Gasteiger partial charge in [-0.05, 0) is 43.3 Å². The summed E-state index contributed by atoms with van der Waals surface area (Å²) >= 11 is 0. The molecular formula is C23H21F6N5O3. The Morgan fingerprint density at radius 3 is 2.22 bits per heavy atom. The molecule has 0 spiro atoms. The van der Waals surface area contributed by atoms with Crippen LogP contribution < -0.4 is 11.1 Å². The number of nitrogens with two attached hydrogens (primary N) is 1. The number of hydrogen-bond donors (Lipinski definition) is 3. The number of likely N-dealkylation sites (N-methyl/N-ethyl adjacent to an activating group) is 1. The van der Waals surface area contributed by atoms with Crippen molar-refractivity contribution >= 4 is 17.6 Å². The number of anilines is 1. The molecule has 0 unspecified atom stereocenters. The number of carbonyl (C=O) groups excluding carboxylic acids is 2. The lowest BCUT2D eigenvalue weighted by Crippen LogP contribution is -2.60. The van der Waals surface area contributed by atoms with Crippen molar-refractivity contribution in [1.82, 2.24) is 20.0 Å². The minimum atomic E-state index is -5.37. The Kier molecular flexibility index (Phi) is 7.81.